The van der Waals surface area contributed by atoms with E-state index in [0.29, 0.717) is 29.6 Å². The van der Waals surface area contributed by atoms with Gasteiger partial charge in [-0.05, 0) is 103 Å². The number of ether oxygens (including phenoxy) is 1. The fourth-order valence-corrected chi connectivity index (χ4v) is 13.0. The summed E-state index contributed by atoms with van der Waals surface area (Å²) in [5.41, 5.74) is 2.00. The fraction of sp³-hybridized carbons (Fsp3) is 0.929. The summed E-state index contributed by atoms with van der Waals surface area (Å²) in [5, 5.41) is 10.7. The van der Waals surface area contributed by atoms with Crippen LogP contribution in [0.4, 0.5) is 0 Å². The normalized spacial score (nSPS) is 44.7. The second-order valence-electron chi connectivity index (χ2n) is 18.9. The molecule has 0 spiro atoms. The first-order valence-electron chi connectivity index (χ1n) is 19.9. The smallest absolute Gasteiger partial charge is 0.306 e. The molecular formula is C42H72O4. The highest BCUT2D eigenvalue weighted by Gasteiger charge is 2.70. The minimum absolute atomic E-state index is 0.000627. The van der Waals surface area contributed by atoms with Gasteiger partial charge in [0.15, 0.2) is 0 Å². The molecule has 0 aromatic heterocycles. The Kier molecular flexibility index (Phi) is 10.9. The summed E-state index contributed by atoms with van der Waals surface area (Å²) >= 11 is 0. The highest BCUT2D eigenvalue weighted by molar-refractivity contribution is 5.69. The zero-order chi connectivity index (χ0) is 33.5. The van der Waals surface area contributed by atoms with Gasteiger partial charge in [-0.25, -0.2) is 4.89 Å². The zero-order valence-corrected chi connectivity index (χ0v) is 31.5. The Morgan fingerprint density at radius 2 is 1.48 bits per heavy atom. The third-order valence-electron chi connectivity index (χ3n) is 16.1. The second-order valence-corrected chi connectivity index (χ2v) is 18.9. The van der Waals surface area contributed by atoms with Gasteiger partial charge >= 0.3 is 5.97 Å². The van der Waals surface area contributed by atoms with Crippen molar-refractivity contribution >= 4 is 5.97 Å². The molecule has 0 aliphatic heterocycles. The standard InChI is InChI=1S/C42H72O4/c1-10-11-12-13-14-15-16-17-18-19-35(43)45-34-22-24-40(7)33(38(34,4)5)21-25-42(9)37(40)32(46-44)28-31-36-30(3)29(2)20-23-39(36,6)26-27-41(31,42)8/h28-30,32-34,36-37,44H,10-27H2,1-9H3/t29-,30+,32-,33+,34+,36+,37-,39-,40+,41-,42-/m1/s1. The van der Waals surface area contributed by atoms with Crippen molar-refractivity contribution in [1.82, 2.24) is 0 Å². The SMILES string of the molecule is CCCCCCCCCCCC(=O)O[C@H]1CC[C@]2(C)[C@H]3[C@H](OO)C=C4[C@@H]5[C@@H](C)[C@H](C)CC[C@]5(C)CC[C@@]4(C)[C@]3(C)CC[C@H]2C1(C)C. The third kappa shape index (κ3) is 6.09. The van der Waals surface area contributed by atoms with E-state index in [-0.39, 0.29) is 45.8 Å². The molecule has 4 nitrogen and oxygen atoms in total. The predicted molar refractivity (Wildman–Crippen MR) is 189 cm³/mol. The van der Waals surface area contributed by atoms with Gasteiger partial charge in [0.05, 0.1) is 0 Å². The molecule has 0 amide bonds. The molecule has 11 atom stereocenters. The summed E-state index contributed by atoms with van der Waals surface area (Å²) in [6.07, 6.45) is 23.4. The molecule has 0 aromatic carbocycles. The summed E-state index contributed by atoms with van der Waals surface area (Å²) < 4.78 is 6.35. The Bertz CT molecular complexity index is 1100. The second kappa shape index (κ2) is 13.8. The van der Waals surface area contributed by atoms with Crippen LogP contribution >= 0.6 is 0 Å². The van der Waals surface area contributed by atoms with E-state index in [4.69, 9.17) is 9.62 Å². The summed E-state index contributed by atoms with van der Waals surface area (Å²) in [5.74, 6) is 2.59. The number of carbonyl (C=O) groups is 1. The quantitative estimate of drug-likeness (QED) is 0.0758. The van der Waals surface area contributed by atoms with Gasteiger partial charge in [-0.3, -0.25) is 10.1 Å². The van der Waals surface area contributed by atoms with Gasteiger partial charge in [-0.2, -0.15) is 0 Å². The molecule has 0 aromatic rings. The lowest BCUT2D eigenvalue weighted by atomic mass is 9.33. The molecule has 4 fully saturated rings. The van der Waals surface area contributed by atoms with E-state index >= 15 is 0 Å². The Labute approximate surface area is 283 Å². The largest absolute Gasteiger partial charge is 0.462 e. The van der Waals surface area contributed by atoms with Crippen LogP contribution in [0.1, 0.15) is 178 Å². The lowest BCUT2D eigenvalue weighted by Gasteiger charge is -2.72. The Balaban J connectivity index is 1.29. The van der Waals surface area contributed by atoms with Gasteiger partial charge in [0.2, 0.25) is 0 Å². The number of rotatable bonds is 12. The van der Waals surface area contributed by atoms with E-state index in [0.717, 1.165) is 44.4 Å². The van der Waals surface area contributed by atoms with Crippen LogP contribution in [0, 0.1) is 56.7 Å². The number of hydrogen-bond donors (Lipinski definition) is 1. The van der Waals surface area contributed by atoms with E-state index in [1.54, 1.807) is 5.57 Å². The van der Waals surface area contributed by atoms with Crippen molar-refractivity contribution in [3.8, 4) is 0 Å². The first-order chi connectivity index (χ1) is 21.7. The number of esters is 1. The first-order valence-corrected chi connectivity index (χ1v) is 19.9. The minimum Gasteiger partial charge on any atom is -0.462 e. The van der Waals surface area contributed by atoms with E-state index in [1.807, 2.05) is 0 Å². The monoisotopic (exact) mass is 641 g/mol. The molecule has 5 aliphatic carbocycles. The topological polar surface area (TPSA) is 55.8 Å². The summed E-state index contributed by atoms with van der Waals surface area (Å²) in [6, 6.07) is 0. The molecule has 46 heavy (non-hydrogen) atoms. The van der Waals surface area contributed by atoms with Crippen molar-refractivity contribution in [2.24, 2.45) is 56.7 Å². The van der Waals surface area contributed by atoms with E-state index in [1.165, 1.54) is 70.6 Å². The van der Waals surface area contributed by atoms with Gasteiger partial charge in [0.25, 0.3) is 0 Å². The van der Waals surface area contributed by atoms with Gasteiger partial charge < -0.3 is 4.74 Å². The summed E-state index contributed by atoms with van der Waals surface area (Å²) in [7, 11) is 0. The van der Waals surface area contributed by atoms with Crippen molar-refractivity contribution in [2.75, 3.05) is 0 Å². The molecule has 0 heterocycles. The van der Waals surface area contributed by atoms with E-state index < -0.39 is 0 Å². The van der Waals surface area contributed by atoms with Crippen LogP contribution < -0.4 is 0 Å². The van der Waals surface area contributed by atoms with Crippen molar-refractivity contribution in [3.05, 3.63) is 11.6 Å². The van der Waals surface area contributed by atoms with Crippen LogP contribution in [-0.2, 0) is 14.4 Å². The molecule has 0 radical (unpaired) electrons. The van der Waals surface area contributed by atoms with Gasteiger partial charge in [-0.1, -0.05) is 125 Å². The molecule has 0 saturated heterocycles. The van der Waals surface area contributed by atoms with Crippen LogP contribution in [0.2, 0.25) is 0 Å². The van der Waals surface area contributed by atoms with E-state index in [9.17, 15) is 10.1 Å². The number of allylic oxidation sites excluding steroid dienone is 1. The molecule has 4 saturated carbocycles. The average molecular weight is 641 g/mol. The van der Waals surface area contributed by atoms with Gasteiger partial charge in [-0.15, -0.1) is 0 Å². The average Bonchev–Trinajstić information content (AvgIpc) is 3.00. The highest BCUT2D eigenvalue weighted by Crippen LogP contribution is 2.76. The van der Waals surface area contributed by atoms with Crippen LogP contribution in [-0.4, -0.2) is 23.4 Å². The molecule has 0 bridgehead atoms. The first kappa shape index (κ1) is 36.4. The van der Waals surface area contributed by atoms with E-state index in [2.05, 4.69) is 68.4 Å². The summed E-state index contributed by atoms with van der Waals surface area (Å²) in [6.45, 7) is 22.2. The maximum absolute atomic E-state index is 13.1. The van der Waals surface area contributed by atoms with Gasteiger partial charge in [0, 0.05) is 17.8 Å². The fourth-order valence-electron chi connectivity index (χ4n) is 13.0. The number of carbonyl (C=O) groups excluding carboxylic acids is 1. The number of fused-ring (bicyclic) bond motifs is 7. The maximum atomic E-state index is 13.1. The van der Waals surface area contributed by atoms with Crippen LogP contribution in [0.25, 0.3) is 0 Å². The number of unbranched alkanes of at least 4 members (excludes halogenated alkanes) is 8. The molecule has 4 heteroatoms. The molecule has 1 N–H and O–H groups in total. The Morgan fingerprint density at radius 3 is 2.13 bits per heavy atom. The lowest BCUT2D eigenvalue weighted by Crippen LogP contribution is -2.68. The molecule has 5 aliphatic rings. The van der Waals surface area contributed by atoms with Crippen molar-refractivity contribution in [3.63, 3.8) is 0 Å². The van der Waals surface area contributed by atoms with Crippen molar-refractivity contribution in [2.45, 2.75) is 190 Å². The molecule has 0 unspecified atom stereocenters. The minimum atomic E-state index is -0.283. The third-order valence-corrected chi connectivity index (χ3v) is 16.1. The summed E-state index contributed by atoms with van der Waals surface area (Å²) in [4.78, 5) is 18.7. The Hall–Kier alpha value is -0.870. The zero-order valence-electron chi connectivity index (χ0n) is 31.5. The van der Waals surface area contributed by atoms with Gasteiger partial charge in [0.1, 0.15) is 12.2 Å². The van der Waals surface area contributed by atoms with Crippen LogP contribution in [0.3, 0.4) is 0 Å². The number of hydrogen-bond acceptors (Lipinski definition) is 4. The lowest BCUT2D eigenvalue weighted by molar-refractivity contribution is -0.323. The molecule has 5 rings (SSSR count). The van der Waals surface area contributed by atoms with Crippen molar-refractivity contribution < 1.29 is 19.7 Å². The molecule has 264 valence electrons. The maximum Gasteiger partial charge on any atom is 0.306 e. The van der Waals surface area contributed by atoms with Crippen LogP contribution in [0.15, 0.2) is 11.6 Å². The predicted octanol–water partition coefficient (Wildman–Crippen LogP) is 12.0. The molecular weight excluding hydrogens is 568 g/mol. The Morgan fingerprint density at radius 1 is 0.826 bits per heavy atom. The van der Waals surface area contributed by atoms with Crippen LogP contribution in [0.5, 0.6) is 0 Å². The van der Waals surface area contributed by atoms with Crippen molar-refractivity contribution in [1.29, 1.82) is 0 Å². The highest BCUT2D eigenvalue weighted by atomic mass is 17.1.